The molecule has 0 aromatic heterocycles. The molecule has 2 aromatic carbocycles. The van der Waals surface area contributed by atoms with Crippen LogP contribution < -0.4 is 10.6 Å². The van der Waals surface area contributed by atoms with Crippen molar-refractivity contribution >= 4 is 28.9 Å². The molecule has 1 aliphatic rings. The summed E-state index contributed by atoms with van der Waals surface area (Å²) < 4.78 is 0. The molecule has 3 rings (SSSR count). The van der Waals surface area contributed by atoms with Crippen molar-refractivity contribution in [2.24, 2.45) is 10.2 Å². The Morgan fingerprint density at radius 1 is 1.04 bits per heavy atom. The van der Waals surface area contributed by atoms with Gasteiger partial charge in [0.25, 0.3) is 0 Å². The number of hydrogen-bond donors (Lipinski definition) is 2. The molecule has 1 aliphatic heterocycles. The number of nitrogens with one attached hydrogen (secondary N) is 2. The number of azo groups is 1. The second kappa shape index (κ2) is 9.75. The Morgan fingerprint density at radius 2 is 1.71 bits per heavy atom. The summed E-state index contributed by atoms with van der Waals surface area (Å²) in [6.45, 7) is 3.40. The predicted octanol–water partition coefficient (Wildman–Crippen LogP) is 3.64. The van der Waals surface area contributed by atoms with Crippen LogP contribution in [0.1, 0.15) is 19.8 Å². The van der Waals surface area contributed by atoms with E-state index in [-0.39, 0.29) is 17.9 Å². The van der Waals surface area contributed by atoms with Crippen LogP contribution in [-0.4, -0.2) is 42.4 Å². The second-order valence-electron chi connectivity index (χ2n) is 6.91. The summed E-state index contributed by atoms with van der Waals surface area (Å²) in [4.78, 5) is 25.6. The lowest BCUT2D eigenvalue weighted by molar-refractivity contribution is -0.120. The van der Waals surface area contributed by atoms with Crippen LogP contribution in [0.3, 0.4) is 0 Å². The van der Waals surface area contributed by atoms with Crippen LogP contribution in [0.15, 0.2) is 64.8 Å². The lowest BCUT2D eigenvalue weighted by Gasteiger charge is -2.32. The molecule has 2 aromatic rings. The van der Waals surface area contributed by atoms with Crippen molar-refractivity contribution in [3.05, 3.63) is 54.6 Å². The van der Waals surface area contributed by atoms with E-state index in [9.17, 15) is 9.59 Å². The fourth-order valence-corrected chi connectivity index (χ4v) is 3.23. The van der Waals surface area contributed by atoms with Crippen LogP contribution in [0.25, 0.3) is 0 Å². The number of nitrogens with zero attached hydrogens (tertiary/aromatic N) is 3. The Labute approximate surface area is 164 Å². The highest BCUT2D eigenvalue weighted by atomic mass is 16.2. The number of anilines is 1. The topological polar surface area (TPSA) is 86.2 Å². The summed E-state index contributed by atoms with van der Waals surface area (Å²) >= 11 is 0. The fourth-order valence-electron chi connectivity index (χ4n) is 3.23. The summed E-state index contributed by atoms with van der Waals surface area (Å²) in [7, 11) is 0. The number of likely N-dealkylation sites (tertiary alicyclic amines) is 1. The third-order valence-corrected chi connectivity index (χ3v) is 4.47. The van der Waals surface area contributed by atoms with Crippen molar-refractivity contribution in [3.8, 4) is 0 Å². The molecule has 7 heteroatoms. The standard InChI is InChI=1S/C21H25N5O2/c1-16(27)22-20-8-5-13-26(14-20)15-21(28)23-17-9-11-19(12-10-17)25-24-18-6-3-2-4-7-18/h2-4,6-7,9-12,20H,5,8,13-15H2,1H3,(H,22,27)(H,23,28). The molecule has 7 nitrogen and oxygen atoms in total. The molecule has 1 saturated heterocycles. The number of hydrogen-bond acceptors (Lipinski definition) is 5. The number of amides is 2. The van der Waals surface area contributed by atoms with Crippen LogP contribution in [0.4, 0.5) is 17.1 Å². The SMILES string of the molecule is CC(=O)NC1CCCN(CC(=O)Nc2ccc(N=Nc3ccccc3)cc2)C1. The summed E-state index contributed by atoms with van der Waals surface area (Å²) in [5.74, 6) is -0.0945. The molecule has 0 aliphatic carbocycles. The van der Waals surface area contributed by atoms with Gasteiger partial charge in [0.2, 0.25) is 11.8 Å². The van der Waals surface area contributed by atoms with Crippen LogP contribution >= 0.6 is 0 Å². The van der Waals surface area contributed by atoms with Gasteiger partial charge < -0.3 is 10.6 Å². The number of carbonyl (C=O) groups excluding carboxylic acids is 2. The monoisotopic (exact) mass is 379 g/mol. The van der Waals surface area contributed by atoms with E-state index in [1.54, 1.807) is 0 Å². The number of carbonyl (C=O) groups is 2. The number of piperidine rings is 1. The van der Waals surface area contributed by atoms with Crippen molar-refractivity contribution in [1.29, 1.82) is 0 Å². The van der Waals surface area contributed by atoms with Crippen molar-refractivity contribution in [2.75, 3.05) is 25.0 Å². The van der Waals surface area contributed by atoms with Crippen LogP contribution in [0.2, 0.25) is 0 Å². The fraction of sp³-hybridized carbons (Fsp3) is 0.333. The summed E-state index contributed by atoms with van der Waals surface area (Å²) in [6, 6.07) is 16.9. The molecule has 0 spiro atoms. The first-order valence-corrected chi connectivity index (χ1v) is 9.44. The second-order valence-corrected chi connectivity index (χ2v) is 6.91. The molecule has 2 amide bonds. The van der Waals surface area contributed by atoms with E-state index in [0.29, 0.717) is 13.1 Å². The van der Waals surface area contributed by atoms with Crippen molar-refractivity contribution < 1.29 is 9.59 Å². The van der Waals surface area contributed by atoms with Gasteiger partial charge in [-0.2, -0.15) is 10.2 Å². The molecule has 1 fully saturated rings. The lowest BCUT2D eigenvalue weighted by atomic mass is 10.1. The molecule has 1 heterocycles. The average Bonchev–Trinajstić information content (AvgIpc) is 2.68. The van der Waals surface area contributed by atoms with Crippen LogP contribution in [0, 0.1) is 0 Å². The number of benzene rings is 2. The average molecular weight is 379 g/mol. The molecule has 2 N–H and O–H groups in total. The third kappa shape index (κ3) is 6.28. The van der Waals surface area contributed by atoms with E-state index >= 15 is 0 Å². The molecular weight excluding hydrogens is 354 g/mol. The zero-order chi connectivity index (χ0) is 19.8. The highest BCUT2D eigenvalue weighted by Crippen LogP contribution is 2.20. The van der Waals surface area contributed by atoms with Crippen molar-refractivity contribution in [1.82, 2.24) is 10.2 Å². The summed E-state index contributed by atoms with van der Waals surface area (Å²) in [6.07, 6.45) is 1.93. The Hall–Kier alpha value is -3.06. The number of rotatable bonds is 6. The molecular formula is C21H25N5O2. The van der Waals surface area contributed by atoms with Crippen molar-refractivity contribution in [3.63, 3.8) is 0 Å². The first-order chi connectivity index (χ1) is 13.6. The summed E-state index contributed by atoms with van der Waals surface area (Å²) in [5, 5.41) is 14.2. The van der Waals surface area contributed by atoms with E-state index in [2.05, 4.69) is 25.8 Å². The minimum atomic E-state index is -0.0675. The maximum absolute atomic E-state index is 12.3. The highest BCUT2D eigenvalue weighted by Gasteiger charge is 2.22. The zero-order valence-electron chi connectivity index (χ0n) is 16.0. The van der Waals surface area contributed by atoms with E-state index in [4.69, 9.17) is 0 Å². The normalized spacial score (nSPS) is 17.4. The lowest BCUT2D eigenvalue weighted by Crippen LogP contribution is -2.49. The molecule has 0 radical (unpaired) electrons. The third-order valence-electron chi connectivity index (χ3n) is 4.47. The van der Waals surface area contributed by atoms with Gasteiger partial charge in [-0.1, -0.05) is 18.2 Å². The Balaban J connectivity index is 1.49. The molecule has 0 saturated carbocycles. The van der Waals surface area contributed by atoms with E-state index in [1.807, 2.05) is 54.6 Å². The predicted molar refractivity (Wildman–Crippen MR) is 109 cm³/mol. The van der Waals surface area contributed by atoms with Gasteiger partial charge in [-0.3, -0.25) is 14.5 Å². The van der Waals surface area contributed by atoms with Crippen LogP contribution in [-0.2, 0) is 9.59 Å². The first kappa shape index (κ1) is 19.7. The largest absolute Gasteiger partial charge is 0.352 e. The van der Waals surface area contributed by atoms with E-state index in [1.165, 1.54) is 6.92 Å². The molecule has 1 unspecified atom stereocenters. The van der Waals surface area contributed by atoms with Gasteiger partial charge in [0.1, 0.15) is 0 Å². The zero-order valence-corrected chi connectivity index (χ0v) is 16.0. The minimum Gasteiger partial charge on any atom is -0.352 e. The Kier molecular flexibility index (Phi) is 6.86. The van der Waals surface area contributed by atoms with E-state index < -0.39 is 0 Å². The molecule has 28 heavy (non-hydrogen) atoms. The van der Waals surface area contributed by atoms with Gasteiger partial charge in [0.05, 0.1) is 17.9 Å². The van der Waals surface area contributed by atoms with Gasteiger partial charge >= 0.3 is 0 Å². The maximum Gasteiger partial charge on any atom is 0.238 e. The summed E-state index contributed by atoms with van der Waals surface area (Å²) in [5.41, 5.74) is 2.23. The van der Waals surface area contributed by atoms with E-state index in [0.717, 1.165) is 36.4 Å². The molecule has 0 bridgehead atoms. The highest BCUT2D eigenvalue weighted by molar-refractivity contribution is 5.92. The Morgan fingerprint density at radius 3 is 2.39 bits per heavy atom. The quantitative estimate of drug-likeness (QED) is 0.751. The Bertz CT molecular complexity index is 820. The van der Waals surface area contributed by atoms with Gasteiger partial charge in [-0.25, -0.2) is 0 Å². The van der Waals surface area contributed by atoms with Crippen molar-refractivity contribution in [2.45, 2.75) is 25.8 Å². The molecule has 1 atom stereocenters. The maximum atomic E-state index is 12.3. The van der Waals surface area contributed by atoms with Gasteiger partial charge in [0, 0.05) is 25.2 Å². The smallest absolute Gasteiger partial charge is 0.238 e. The minimum absolute atomic E-state index is 0.0270. The first-order valence-electron chi connectivity index (χ1n) is 9.44. The van der Waals surface area contributed by atoms with Crippen LogP contribution in [0.5, 0.6) is 0 Å². The molecule has 146 valence electrons. The van der Waals surface area contributed by atoms with Gasteiger partial charge in [-0.05, 0) is 55.8 Å². The van der Waals surface area contributed by atoms with Gasteiger partial charge in [-0.15, -0.1) is 0 Å². The van der Waals surface area contributed by atoms with Gasteiger partial charge in [0.15, 0.2) is 0 Å².